The molecule has 0 bridgehead atoms. The van der Waals surface area contributed by atoms with E-state index in [1.165, 1.54) is 31.1 Å². The molecule has 0 saturated carbocycles. The van der Waals surface area contributed by atoms with Gasteiger partial charge in [-0.1, -0.05) is 6.42 Å². The van der Waals surface area contributed by atoms with Gasteiger partial charge < -0.3 is 10.4 Å². The standard InChI is InChI=1S/C14H23N3O2S/c1-10-4-3-5-13(6-7-18)17(10)8-12-9-20-14(16-12)15-11(2)19/h9-10,13,18H,3-8H2,1-2H3,(H,15,16,19)/t10-,13-/m1/s1. The molecule has 1 aliphatic heterocycles. The summed E-state index contributed by atoms with van der Waals surface area (Å²) in [6.45, 7) is 4.76. The van der Waals surface area contributed by atoms with Gasteiger partial charge in [0.05, 0.1) is 5.69 Å². The Kier molecular flexibility index (Phi) is 5.51. The van der Waals surface area contributed by atoms with Gasteiger partial charge in [-0.25, -0.2) is 4.98 Å². The first-order chi connectivity index (χ1) is 9.60. The minimum Gasteiger partial charge on any atom is -0.396 e. The van der Waals surface area contributed by atoms with Crippen LogP contribution >= 0.6 is 11.3 Å². The Morgan fingerprint density at radius 1 is 1.60 bits per heavy atom. The molecule has 2 N–H and O–H groups in total. The highest BCUT2D eigenvalue weighted by molar-refractivity contribution is 7.13. The molecule has 112 valence electrons. The maximum Gasteiger partial charge on any atom is 0.223 e. The number of aliphatic hydroxyl groups is 1. The van der Waals surface area contributed by atoms with Crippen molar-refractivity contribution in [1.29, 1.82) is 0 Å². The predicted octanol–water partition coefficient (Wildman–Crippen LogP) is 2.23. The van der Waals surface area contributed by atoms with E-state index >= 15 is 0 Å². The number of amides is 1. The third-order valence-electron chi connectivity index (χ3n) is 3.84. The first-order valence-electron chi connectivity index (χ1n) is 7.18. The molecule has 0 unspecified atom stereocenters. The van der Waals surface area contributed by atoms with Crippen molar-refractivity contribution < 1.29 is 9.90 Å². The summed E-state index contributed by atoms with van der Waals surface area (Å²) >= 11 is 1.46. The summed E-state index contributed by atoms with van der Waals surface area (Å²) in [7, 11) is 0. The van der Waals surface area contributed by atoms with Gasteiger partial charge in [0.1, 0.15) is 0 Å². The number of nitrogens with one attached hydrogen (secondary N) is 1. The summed E-state index contributed by atoms with van der Waals surface area (Å²) in [5.41, 5.74) is 0.996. The minimum atomic E-state index is -0.0876. The van der Waals surface area contributed by atoms with E-state index in [1.54, 1.807) is 0 Å². The number of carbonyl (C=O) groups is 1. The van der Waals surface area contributed by atoms with E-state index in [2.05, 4.69) is 22.1 Å². The molecule has 1 aromatic rings. The molecule has 0 radical (unpaired) electrons. The smallest absolute Gasteiger partial charge is 0.223 e. The Labute approximate surface area is 124 Å². The van der Waals surface area contributed by atoms with E-state index in [9.17, 15) is 9.90 Å². The van der Waals surface area contributed by atoms with Crippen molar-refractivity contribution in [2.45, 2.75) is 58.2 Å². The molecule has 0 spiro atoms. The number of thiazole rings is 1. The summed E-state index contributed by atoms with van der Waals surface area (Å²) in [6.07, 6.45) is 4.40. The summed E-state index contributed by atoms with van der Waals surface area (Å²) in [5.74, 6) is -0.0876. The molecule has 0 aromatic carbocycles. The van der Waals surface area contributed by atoms with Gasteiger partial charge in [-0.2, -0.15) is 0 Å². The van der Waals surface area contributed by atoms with Crippen molar-refractivity contribution in [2.75, 3.05) is 11.9 Å². The number of hydrogen-bond acceptors (Lipinski definition) is 5. The van der Waals surface area contributed by atoms with Crippen LogP contribution in [0.4, 0.5) is 5.13 Å². The number of rotatable bonds is 5. The Balaban J connectivity index is 2.01. The molecule has 20 heavy (non-hydrogen) atoms. The average Bonchev–Trinajstić information content (AvgIpc) is 2.80. The highest BCUT2D eigenvalue weighted by Gasteiger charge is 2.27. The number of hydrogen-bond donors (Lipinski definition) is 2. The molecule has 2 rings (SSSR count). The van der Waals surface area contributed by atoms with Crippen LogP contribution in [0.1, 0.15) is 45.2 Å². The van der Waals surface area contributed by atoms with E-state index in [0.717, 1.165) is 25.1 Å². The maximum absolute atomic E-state index is 11.0. The quantitative estimate of drug-likeness (QED) is 0.874. The zero-order valence-corrected chi connectivity index (χ0v) is 12.9. The van der Waals surface area contributed by atoms with Crippen LogP contribution in [0.15, 0.2) is 5.38 Å². The number of anilines is 1. The first-order valence-corrected chi connectivity index (χ1v) is 8.06. The monoisotopic (exact) mass is 297 g/mol. The van der Waals surface area contributed by atoms with Crippen molar-refractivity contribution in [1.82, 2.24) is 9.88 Å². The molecule has 1 saturated heterocycles. The number of nitrogens with zero attached hydrogens (tertiary/aromatic N) is 2. The van der Waals surface area contributed by atoms with Crippen LogP contribution < -0.4 is 5.32 Å². The van der Waals surface area contributed by atoms with Crippen molar-refractivity contribution >= 4 is 22.4 Å². The lowest BCUT2D eigenvalue weighted by Crippen LogP contribution is -2.45. The first kappa shape index (κ1) is 15.4. The second-order valence-electron chi connectivity index (χ2n) is 5.44. The topological polar surface area (TPSA) is 65.5 Å². The largest absolute Gasteiger partial charge is 0.396 e. The number of aromatic nitrogens is 1. The lowest BCUT2D eigenvalue weighted by molar-refractivity contribution is -0.114. The predicted molar refractivity (Wildman–Crippen MR) is 80.8 cm³/mol. The summed E-state index contributed by atoms with van der Waals surface area (Å²) in [5, 5.41) is 14.6. The molecule has 5 nitrogen and oxygen atoms in total. The van der Waals surface area contributed by atoms with E-state index in [-0.39, 0.29) is 12.5 Å². The van der Waals surface area contributed by atoms with Crippen molar-refractivity contribution in [3.63, 3.8) is 0 Å². The van der Waals surface area contributed by atoms with Gasteiger partial charge in [-0.05, 0) is 26.2 Å². The summed E-state index contributed by atoms with van der Waals surface area (Å²) < 4.78 is 0. The van der Waals surface area contributed by atoms with Gasteiger partial charge in [0.25, 0.3) is 0 Å². The fourth-order valence-electron chi connectivity index (χ4n) is 2.86. The normalized spacial score (nSPS) is 23.8. The molecule has 2 atom stereocenters. The van der Waals surface area contributed by atoms with E-state index in [0.29, 0.717) is 17.2 Å². The van der Waals surface area contributed by atoms with E-state index in [4.69, 9.17) is 0 Å². The van der Waals surface area contributed by atoms with Crippen LogP contribution in [0, 0.1) is 0 Å². The lowest BCUT2D eigenvalue weighted by atomic mass is 9.94. The molecule has 2 heterocycles. The fraction of sp³-hybridized carbons (Fsp3) is 0.714. The number of likely N-dealkylation sites (tertiary alicyclic amines) is 1. The fourth-order valence-corrected chi connectivity index (χ4v) is 3.61. The molecular weight excluding hydrogens is 274 g/mol. The van der Waals surface area contributed by atoms with Crippen LogP contribution in [0.25, 0.3) is 0 Å². The molecule has 6 heteroatoms. The van der Waals surface area contributed by atoms with Crippen LogP contribution in [0.3, 0.4) is 0 Å². The number of carbonyl (C=O) groups excluding carboxylic acids is 1. The average molecular weight is 297 g/mol. The highest BCUT2D eigenvalue weighted by atomic mass is 32.1. The SMILES string of the molecule is CC(=O)Nc1nc(CN2[C@@H](CCO)CCC[C@H]2C)cs1. The van der Waals surface area contributed by atoms with E-state index in [1.807, 2.05) is 5.38 Å². The van der Waals surface area contributed by atoms with Crippen molar-refractivity contribution in [3.8, 4) is 0 Å². The van der Waals surface area contributed by atoms with Crippen LogP contribution in [0.2, 0.25) is 0 Å². The second-order valence-corrected chi connectivity index (χ2v) is 6.30. The number of piperidine rings is 1. The highest BCUT2D eigenvalue weighted by Crippen LogP contribution is 2.27. The molecule has 0 aliphatic carbocycles. The third kappa shape index (κ3) is 4.01. The lowest BCUT2D eigenvalue weighted by Gasteiger charge is -2.40. The van der Waals surface area contributed by atoms with Gasteiger partial charge in [0, 0.05) is 37.5 Å². The van der Waals surface area contributed by atoms with E-state index < -0.39 is 0 Å². The van der Waals surface area contributed by atoms with Crippen molar-refractivity contribution in [2.24, 2.45) is 0 Å². The number of aliphatic hydroxyl groups excluding tert-OH is 1. The molecule has 1 aromatic heterocycles. The second kappa shape index (κ2) is 7.15. The van der Waals surface area contributed by atoms with Crippen LogP contribution in [-0.4, -0.2) is 39.6 Å². The van der Waals surface area contributed by atoms with Gasteiger partial charge in [-0.3, -0.25) is 9.69 Å². The Morgan fingerprint density at radius 2 is 2.40 bits per heavy atom. The summed E-state index contributed by atoms with van der Waals surface area (Å²) in [6, 6.07) is 0.959. The third-order valence-corrected chi connectivity index (χ3v) is 4.64. The maximum atomic E-state index is 11.0. The Morgan fingerprint density at radius 3 is 3.10 bits per heavy atom. The molecule has 1 amide bonds. The Hall–Kier alpha value is -0.980. The molecule has 1 fully saturated rings. The summed E-state index contributed by atoms with van der Waals surface area (Å²) in [4.78, 5) is 17.9. The van der Waals surface area contributed by atoms with Crippen molar-refractivity contribution in [3.05, 3.63) is 11.1 Å². The van der Waals surface area contributed by atoms with Gasteiger partial charge in [0.15, 0.2) is 5.13 Å². The van der Waals surface area contributed by atoms with Crippen LogP contribution in [-0.2, 0) is 11.3 Å². The van der Waals surface area contributed by atoms with Gasteiger partial charge in [-0.15, -0.1) is 11.3 Å². The Bertz CT molecular complexity index is 447. The molecule has 1 aliphatic rings. The van der Waals surface area contributed by atoms with Gasteiger partial charge >= 0.3 is 0 Å². The minimum absolute atomic E-state index is 0.0876. The van der Waals surface area contributed by atoms with Crippen LogP contribution in [0.5, 0.6) is 0 Å². The van der Waals surface area contributed by atoms with Gasteiger partial charge in [0.2, 0.25) is 5.91 Å². The zero-order chi connectivity index (χ0) is 14.5. The molecular formula is C14H23N3O2S. The zero-order valence-electron chi connectivity index (χ0n) is 12.1.